The van der Waals surface area contributed by atoms with Crippen LogP contribution in [-0.2, 0) is 30.3 Å². The molecule has 4 saturated heterocycles. The quantitative estimate of drug-likeness (QED) is 0.0503. The highest BCUT2D eigenvalue weighted by Crippen LogP contribution is 2.44. The second-order valence-corrected chi connectivity index (χ2v) is 27.0. The smallest absolute Gasteiger partial charge is 0.319 e. The van der Waals surface area contributed by atoms with Gasteiger partial charge in [0, 0.05) is 81.1 Å². The molecular weight excluding hydrogens is 1160 g/mol. The molecule has 4 aromatic carbocycles. The molecular formula is C76H112F2N6O8. The standard InChI is InChI=1S/C35H40F2N4O4.C28H48N2O.C11H20O2.C2H4O/c1-3-25-29(36)10-7-21-16-24(43)17-28(30(21)25)26-8-9-27-32(31(26)37)38-34(39-33(27)40-14-4-6-23(42)18-40)45-20-35-12-5-15-41(35)22(11-13-35)19-44-2;1-7-10-24(14-12-22(4)9-3)21-30-18-16-25(17-19-30)26-15-13-23(5)27(20-26)29(6)28(31)11-8-2;1-5-8(2)11(13)9(3)6-7-10(4)12;1-2-3/h7-10,16-17,22-23,42-43H,3-6,11-15,18-20H2,1-2H3;13,15,20,22,24-25H,7-12,14,16-19,21H2,1-6H3;8-9H,5-7H2,1-4H3;2H,1H3. The maximum absolute atomic E-state index is 16.8. The Balaban J connectivity index is 0.000000247. The number of Topliss-reactive ketones (excluding diaryl/α,β-unsaturated/α-hetero) is 2. The Morgan fingerprint density at radius 3 is 2.22 bits per heavy atom. The van der Waals surface area contributed by atoms with Gasteiger partial charge in [-0.1, -0.05) is 98.9 Å². The van der Waals surface area contributed by atoms with Crippen molar-refractivity contribution in [3.63, 3.8) is 0 Å². The third-order valence-corrected chi connectivity index (χ3v) is 20.1. The zero-order valence-electron chi connectivity index (χ0n) is 58.2. The average molecular weight is 1280 g/mol. The number of anilines is 2. The van der Waals surface area contributed by atoms with Crippen molar-refractivity contribution in [1.29, 1.82) is 0 Å². The number of methoxy groups -OCH3 is 1. The number of β-amino-alcohol motifs (C(OH)–C–C–N with tert-alkyl or cyclic N) is 1. The first-order valence-electron chi connectivity index (χ1n) is 34.9. The van der Waals surface area contributed by atoms with Crippen LogP contribution < -0.4 is 14.5 Å². The minimum atomic E-state index is -0.599. The number of aromatic hydroxyl groups is 1. The number of hydrogen-bond acceptors (Lipinski definition) is 13. The molecule has 14 nitrogen and oxygen atoms in total. The Labute approximate surface area is 549 Å². The highest BCUT2D eigenvalue weighted by molar-refractivity contribution is 6.03. The molecule has 1 aromatic heterocycles. The summed E-state index contributed by atoms with van der Waals surface area (Å²) in [6.07, 6.45) is 19.1. The first-order chi connectivity index (χ1) is 44.1. The number of rotatable bonds is 26. The maximum Gasteiger partial charge on any atom is 0.319 e. The van der Waals surface area contributed by atoms with E-state index >= 15 is 4.39 Å². The molecule has 5 heterocycles. The molecule has 4 aliphatic heterocycles. The van der Waals surface area contributed by atoms with E-state index in [1.54, 1.807) is 38.3 Å². The first kappa shape index (κ1) is 75.1. The maximum atomic E-state index is 16.8. The van der Waals surface area contributed by atoms with E-state index in [0.717, 1.165) is 75.3 Å². The number of hydrogen-bond donors (Lipinski definition) is 2. The van der Waals surface area contributed by atoms with Crippen LogP contribution in [0.3, 0.4) is 0 Å². The Morgan fingerprint density at radius 2 is 1.57 bits per heavy atom. The van der Waals surface area contributed by atoms with Gasteiger partial charge in [0.2, 0.25) is 5.91 Å². The fraction of sp³-hybridized carbons (Fsp3) is 0.632. The van der Waals surface area contributed by atoms with Crippen LogP contribution in [0, 0.1) is 42.2 Å². The Bertz CT molecular complexity index is 3190. The lowest BCUT2D eigenvalue weighted by Crippen LogP contribution is -2.47. The number of phenols is 1. The number of aldehydes is 1. The summed E-state index contributed by atoms with van der Waals surface area (Å²) in [6, 6.07) is 16.7. The van der Waals surface area contributed by atoms with Crippen LogP contribution in [0.4, 0.5) is 20.3 Å². The summed E-state index contributed by atoms with van der Waals surface area (Å²) in [4.78, 5) is 62.0. The van der Waals surface area contributed by atoms with E-state index in [1.165, 1.54) is 94.8 Å². The van der Waals surface area contributed by atoms with Crippen molar-refractivity contribution < 1.29 is 47.6 Å². The van der Waals surface area contributed by atoms with Gasteiger partial charge in [-0.15, -0.1) is 0 Å². The molecule has 5 aromatic rings. The van der Waals surface area contributed by atoms with Gasteiger partial charge in [-0.25, -0.2) is 8.78 Å². The van der Waals surface area contributed by atoms with Gasteiger partial charge in [0.05, 0.1) is 18.2 Å². The predicted molar refractivity (Wildman–Crippen MR) is 370 cm³/mol. The number of halogens is 2. The van der Waals surface area contributed by atoms with Crippen LogP contribution in [0.1, 0.15) is 207 Å². The topological polar surface area (TPSA) is 166 Å². The van der Waals surface area contributed by atoms with Gasteiger partial charge < -0.3 is 44.0 Å². The zero-order chi connectivity index (χ0) is 67.2. The summed E-state index contributed by atoms with van der Waals surface area (Å²) in [6.45, 7) is 28.8. The van der Waals surface area contributed by atoms with Crippen molar-refractivity contribution in [3.05, 3.63) is 82.9 Å². The summed E-state index contributed by atoms with van der Waals surface area (Å²) in [5.41, 5.74) is 4.71. The number of likely N-dealkylation sites (tertiary alicyclic amines) is 1. The number of aliphatic hydroxyl groups is 1. The first-order valence-corrected chi connectivity index (χ1v) is 34.9. The fourth-order valence-corrected chi connectivity index (χ4v) is 14.3. The van der Waals surface area contributed by atoms with Gasteiger partial charge in [-0.05, 0) is 211 Å². The number of ketones is 2. The number of amides is 1. The number of carbonyl (C=O) groups is 4. The molecule has 2 N–H and O–H groups in total. The van der Waals surface area contributed by atoms with Crippen LogP contribution in [0.5, 0.6) is 11.8 Å². The van der Waals surface area contributed by atoms with E-state index in [2.05, 4.69) is 67.6 Å². The zero-order valence-corrected chi connectivity index (χ0v) is 58.2. The number of nitrogens with zero attached hydrogens (tertiary/aromatic N) is 6. The van der Waals surface area contributed by atoms with Gasteiger partial charge >= 0.3 is 6.01 Å². The molecule has 0 radical (unpaired) electrons. The molecule has 92 heavy (non-hydrogen) atoms. The molecule has 16 heteroatoms. The van der Waals surface area contributed by atoms with E-state index in [-0.39, 0.29) is 57.7 Å². The minimum Gasteiger partial charge on any atom is -0.508 e. The van der Waals surface area contributed by atoms with Crippen molar-refractivity contribution in [1.82, 2.24) is 19.8 Å². The lowest BCUT2D eigenvalue weighted by atomic mass is 9.87. The van der Waals surface area contributed by atoms with Crippen molar-refractivity contribution in [2.75, 3.05) is 76.4 Å². The van der Waals surface area contributed by atoms with Crippen LogP contribution >= 0.6 is 0 Å². The lowest BCUT2D eigenvalue weighted by molar-refractivity contribution is -0.126. The number of aliphatic hydroxyl groups excluding tert-OH is 1. The van der Waals surface area contributed by atoms with Crippen molar-refractivity contribution in [2.45, 2.75) is 222 Å². The van der Waals surface area contributed by atoms with E-state index in [9.17, 15) is 29.0 Å². The Kier molecular flexibility index (Phi) is 29.9. The molecule has 0 saturated carbocycles. The van der Waals surface area contributed by atoms with Crippen LogP contribution in [-0.4, -0.2) is 138 Å². The summed E-state index contributed by atoms with van der Waals surface area (Å²) in [5, 5.41) is 22.8. The van der Waals surface area contributed by atoms with Crippen molar-refractivity contribution in [2.24, 2.45) is 23.7 Å². The summed E-state index contributed by atoms with van der Waals surface area (Å²) in [7, 11) is 3.66. The van der Waals surface area contributed by atoms with Crippen LogP contribution in [0.2, 0.25) is 0 Å². The van der Waals surface area contributed by atoms with Gasteiger partial charge in [0.1, 0.15) is 47.4 Å². The molecule has 4 fully saturated rings. The number of aromatic nitrogens is 2. The molecule has 0 bridgehead atoms. The average Bonchev–Trinajstić information content (AvgIpc) is 1.05. The van der Waals surface area contributed by atoms with Crippen molar-refractivity contribution in [3.8, 4) is 22.9 Å². The summed E-state index contributed by atoms with van der Waals surface area (Å²) in [5.74, 6) is 2.72. The van der Waals surface area contributed by atoms with E-state index in [0.29, 0.717) is 109 Å². The number of ether oxygens (including phenoxy) is 2. The van der Waals surface area contributed by atoms with E-state index < -0.39 is 11.9 Å². The Hall–Kier alpha value is -5.94. The van der Waals surface area contributed by atoms with E-state index in [4.69, 9.17) is 19.3 Å². The molecule has 1 amide bonds. The van der Waals surface area contributed by atoms with Crippen LogP contribution in [0.25, 0.3) is 32.8 Å². The van der Waals surface area contributed by atoms with Gasteiger partial charge in [-0.3, -0.25) is 14.5 Å². The molecule has 7 unspecified atom stereocenters. The van der Waals surface area contributed by atoms with E-state index in [1.807, 2.05) is 44.5 Å². The number of carbonyl (C=O) groups excluding carboxylic acids is 4. The van der Waals surface area contributed by atoms with Gasteiger partial charge in [0.25, 0.3) is 0 Å². The molecule has 7 atom stereocenters. The highest BCUT2D eigenvalue weighted by Gasteiger charge is 2.50. The molecule has 0 aliphatic carbocycles. The number of piperidine rings is 2. The minimum absolute atomic E-state index is 0.0379. The predicted octanol–water partition coefficient (Wildman–Crippen LogP) is 16.0. The normalized spacial score (nSPS) is 19.8. The monoisotopic (exact) mass is 1270 g/mol. The second kappa shape index (κ2) is 36.7. The number of phenolic OH excluding ortho intramolecular Hbond substituents is 1. The summed E-state index contributed by atoms with van der Waals surface area (Å²) < 4.78 is 43.7. The third kappa shape index (κ3) is 19.8. The van der Waals surface area contributed by atoms with Gasteiger partial charge in [0.15, 0.2) is 5.82 Å². The number of benzene rings is 4. The van der Waals surface area contributed by atoms with Gasteiger partial charge in [-0.2, -0.15) is 9.97 Å². The summed E-state index contributed by atoms with van der Waals surface area (Å²) >= 11 is 0. The largest absolute Gasteiger partial charge is 0.508 e. The second-order valence-electron chi connectivity index (χ2n) is 27.0. The third-order valence-electron chi connectivity index (χ3n) is 20.1. The SMILES string of the molecule is CC=O.CCC(C)C(=O)C(C)CCC(C)=O.CCCC(=O)N(C)c1cc(C2CCN(CC(CCC)CCC(C)CC)CC2)ccc1C.CCc1c(F)ccc2cc(O)cc(-c3ccc4c(N5CCCC(O)C5)nc(OCC56CCCN5C(COC)CC6)nc4c3F)c12. The number of fused-ring (bicyclic) bond motifs is 3. The van der Waals surface area contributed by atoms with Crippen LogP contribution in [0.15, 0.2) is 54.6 Å². The van der Waals surface area contributed by atoms with Crippen molar-refractivity contribution >= 4 is 56.9 Å². The molecule has 508 valence electrons. The molecule has 0 spiro atoms. The number of aryl methyl sites for hydroxylation is 2. The highest BCUT2D eigenvalue weighted by atomic mass is 19.1. The lowest BCUT2D eigenvalue weighted by Gasteiger charge is -2.35. The molecule has 4 aliphatic rings. The Morgan fingerprint density at radius 1 is 0.826 bits per heavy atom. The fourth-order valence-electron chi connectivity index (χ4n) is 14.3. The molecule has 9 rings (SSSR count).